The molecule has 2 N–H and O–H groups in total. The number of benzene rings is 1. The monoisotopic (exact) mass is 355 g/mol. The van der Waals surface area contributed by atoms with Crippen LogP contribution in [0.15, 0.2) is 47.3 Å². The summed E-state index contributed by atoms with van der Waals surface area (Å²) in [7, 11) is 0. The number of carbonyl (C=O) groups is 1. The highest BCUT2D eigenvalue weighted by Gasteiger charge is 2.37. The van der Waals surface area contributed by atoms with Gasteiger partial charge in [0.15, 0.2) is 0 Å². The number of nitrogens with zero attached hydrogens (tertiary/aromatic N) is 1. The SMILES string of the molecule is O=C(Cc1cccc(F)c1)NC[C@H]1[C@@H]2CNC[C@@H](C2)c2cccc(=O)n21. The molecule has 136 valence electrons. The van der Waals surface area contributed by atoms with Crippen molar-refractivity contribution >= 4 is 5.91 Å². The van der Waals surface area contributed by atoms with Gasteiger partial charge in [0.1, 0.15) is 5.82 Å². The first-order valence-corrected chi connectivity index (χ1v) is 9.05. The molecule has 2 bridgehead atoms. The van der Waals surface area contributed by atoms with Gasteiger partial charge in [0.05, 0.1) is 12.5 Å². The maximum atomic E-state index is 13.3. The summed E-state index contributed by atoms with van der Waals surface area (Å²) in [4.78, 5) is 24.8. The number of hydrogen-bond donors (Lipinski definition) is 2. The normalized spacial score (nSPS) is 24.0. The average Bonchev–Trinajstić information content (AvgIpc) is 2.62. The van der Waals surface area contributed by atoms with E-state index in [1.807, 2.05) is 16.7 Å². The molecular formula is C20H22FN3O2. The van der Waals surface area contributed by atoms with E-state index in [4.69, 9.17) is 0 Å². The molecule has 3 atom stereocenters. The lowest BCUT2D eigenvalue weighted by atomic mass is 9.79. The zero-order valence-corrected chi connectivity index (χ0v) is 14.5. The van der Waals surface area contributed by atoms with E-state index in [0.29, 0.717) is 23.9 Å². The Hall–Kier alpha value is -2.47. The molecule has 0 spiro atoms. The van der Waals surface area contributed by atoms with Crippen LogP contribution in [0.2, 0.25) is 0 Å². The Balaban J connectivity index is 1.50. The molecular weight excluding hydrogens is 333 g/mol. The Morgan fingerprint density at radius 3 is 2.92 bits per heavy atom. The second-order valence-electron chi connectivity index (χ2n) is 7.19. The predicted molar refractivity (Wildman–Crippen MR) is 96.6 cm³/mol. The van der Waals surface area contributed by atoms with Crippen molar-refractivity contribution in [3.05, 3.63) is 69.9 Å². The van der Waals surface area contributed by atoms with Gasteiger partial charge < -0.3 is 15.2 Å². The number of halogens is 1. The smallest absolute Gasteiger partial charge is 0.251 e. The third-order valence-corrected chi connectivity index (χ3v) is 5.46. The average molecular weight is 355 g/mol. The summed E-state index contributed by atoms with van der Waals surface area (Å²) in [6.45, 7) is 2.14. The fourth-order valence-corrected chi connectivity index (χ4v) is 4.28. The summed E-state index contributed by atoms with van der Waals surface area (Å²) in [6.07, 6.45) is 1.16. The summed E-state index contributed by atoms with van der Waals surface area (Å²) in [5.74, 6) is 0.159. The third kappa shape index (κ3) is 3.29. The van der Waals surface area contributed by atoms with E-state index in [2.05, 4.69) is 10.6 Å². The number of amides is 1. The fraction of sp³-hybridized carbons (Fsp3) is 0.400. The Labute approximate surface area is 151 Å². The van der Waals surface area contributed by atoms with E-state index in [1.54, 1.807) is 18.2 Å². The molecule has 5 nitrogen and oxygen atoms in total. The van der Waals surface area contributed by atoms with E-state index in [1.165, 1.54) is 12.1 Å². The molecule has 2 aliphatic heterocycles. The van der Waals surface area contributed by atoms with E-state index < -0.39 is 0 Å². The van der Waals surface area contributed by atoms with Crippen molar-refractivity contribution in [1.82, 2.24) is 15.2 Å². The molecule has 0 unspecified atom stereocenters. The second-order valence-corrected chi connectivity index (χ2v) is 7.19. The van der Waals surface area contributed by atoms with Crippen molar-refractivity contribution < 1.29 is 9.18 Å². The van der Waals surface area contributed by atoms with E-state index >= 15 is 0 Å². The topological polar surface area (TPSA) is 63.1 Å². The van der Waals surface area contributed by atoms with Crippen LogP contribution in [-0.2, 0) is 11.2 Å². The molecule has 1 aromatic heterocycles. The van der Waals surface area contributed by atoms with Crippen molar-refractivity contribution in [3.8, 4) is 0 Å². The maximum absolute atomic E-state index is 13.3. The number of piperidine rings is 1. The number of rotatable bonds is 4. The molecule has 1 saturated heterocycles. The number of carbonyl (C=O) groups excluding carboxylic acids is 1. The molecule has 0 aliphatic carbocycles. The number of nitrogens with one attached hydrogen (secondary N) is 2. The molecule has 1 fully saturated rings. The molecule has 26 heavy (non-hydrogen) atoms. The van der Waals surface area contributed by atoms with Crippen LogP contribution in [0.25, 0.3) is 0 Å². The van der Waals surface area contributed by atoms with E-state index in [-0.39, 0.29) is 29.7 Å². The standard InChI is InChI=1S/C20H22FN3O2/c21-16-4-1-3-13(7-16)8-19(25)23-12-18-15-9-14(10-22-11-15)17-5-2-6-20(26)24(17)18/h1-7,14-15,18,22H,8-12H2,(H,23,25)/t14-,15+,18+/m1/s1. The Morgan fingerprint density at radius 1 is 1.23 bits per heavy atom. The van der Waals surface area contributed by atoms with Gasteiger partial charge in [-0.15, -0.1) is 0 Å². The van der Waals surface area contributed by atoms with Crippen LogP contribution in [-0.4, -0.2) is 30.1 Å². The highest BCUT2D eigenvalue weighted by molar-refractivity contribution is 5.78. The molecule has 0 saturated carbocycles. The quantitative estimate of drug-likeness (QED) is 0.876. The molecule has 0 radical (unpaired) electrons. The van der Waals surface area contributed by atoms with Gasteiger partial charge >= 0.3 is 0 Å². The van der Waals surface area contributed by atoms with Crippen molar-refractivity contribution in [2.24, 2.45) is 5.92 Å². The minimum absolute atomic E-state index is 0.0107. The Kier molecular flexibility index (Phi) is 4.59. The summed E-state index contributed by atoms with van der Waals surface area (Å²) >= 11 is 0. The van der Waals surface area contributed by atoms with Gasteiger partial charge in [-0.1, -0.05) is 18.2 Å². The van der Waals surface area contributed by atoms with Crippen LogP contribution in [0.4, 0.5) is 4.39 Å². The van der Waals surface area contributed by atoms with Crippen molar-refractivity contribution in [3.63, 3.8) is 0 Å². The Morgan fingerprint density at radius 2 is 2.08 bits per heavy atom. The third-order valence-electron chi connectivity index (χ3n) is 5.46. The summed E-state index contributed by atoms with van der Waals surface area (Å²) in [6, 6.07) is 11.4. The van der Waals surface area contributed by atoms with Crippen molar-refractivity contribution in [1.29, 1.82) is 0 Å². The van der Waals surface area contributed by atoms with Gasteiger partial charge in [0.2, 0.25) is 5.91 Å². The molecule has 3 heterocycles. The van der Waals surface area contributed by atoms with Crippen LogP contribution in [0.5, 0.6) is 0 Å². The van der Waals surface area contributed by atoms with Crippen LogP contribution in [0, 0.1) is 11.7 Å². The van der Waals surface area contributed by atoms with Gasteiger partial charge in [-0.05, 0) is 36.1 Å². The minimum atomic E-state index is -0.345. The first kappa shape index (κ1) is 17.0. The first-order chi connectivity index (χ1) is 12.6. The number of hydrogen-bond acceptors (Lipinski definition) is 3. The first-order valence-electron chi connectivity index (χ1n) is 9.05. The lowest BCUT2D eigenvalue weighted by Gasteiger charge is -2.43. The van der Waals surface area contributed by atoms with Gasteiger partial charge in [0.25, 0.3) is 5.56 Å². The zero-order valence-electron chi connectivity index (χ0n) is 14.5. The molecule has 1 amide bonds. The number of pyridine rings is 1. The van der Waals surface area contributed by atoms with Crippen molar-refractivity contribution in [2.45, 2.75) is 24.8 Å². The van der Waals surface area contributed by atoms with Gasteiger partial charge in [-0.2, -0.15) is 0 Å². The largest absolute Gasteiger partial charge is 0.354 e. The highest BCUT2D eigenvalue weighted by Crippen LogP contribution is 2.38. The second kappa shape index (κ2) is 7.03. The van der Waals surface area contributed by atoms with Crippen LogP contribution in [0.1, 0.15) is 29.6 Å². The maximum Gasteiger partial charge on any atom is 0.251 e. The summed E-state index contributed by atoms with van der Waals surface area (Å²) < 4.78 is 15.1. The highest BCUT2D eigenvalue weighted by atomic mass is 19.1. The number of aromatic nitrogens is 1. The molecule has 1 aromatic carbocycles. The predicted octanol–water partition coefficient (Wildman–Crippen LogP) is 1.59. The van der Waals surface area contributed by atoms with Crippen molar-refractivity contribution in [2.75, 3.05) is 19.6 Å². The molecule has 6 heteroatoms. The molecule has 2 aliphatic rings. The summed E-state index contributed by atoms with van der Waals surface area (Å²) in [5.41, 5.74) is 1.68. The number of fused-ring (bicyclic) bond motifs is 4. The van der Waals surface area contributed by atoms with Crippen LogP contribution in [0.3, 0.4) is 0 Å². The molecule has 2 aromatic rings. The lowest BCUT2D eigenvalue weighted by molar-refractivity contribution is -0.120. The molecule has 4 rings (SSSR count). The van der Waals surface area contributed by atoms with Crippen LogP contribution >= 0.6 is 0 Å². The van der Waals surface area contributed by atoms with E-state index in [9.17, 15) is 14.0 Å². The van der Waals surface area contributed by atoms with E-state index in [0.717, 1.165) is 25.2 Å². The van der Waals surface area contributed by atoms with Gasteiger partial charge in [-0.3, -0.25) is 9.59 Å². The summed E-state index contributed by atoms with van der Waals surface area (Å²) in [5, 5.41) is 6.38. The fourth-order valence-electron chi connectivity index (χ4n) is 4.28. The lowest BCUT2D eigenvalue weighted by Crippen LogP contribution is -2.50. The van der Waals surface area contributed by atoms with Gasteiger partial charge in [-0.25, -0.2) is 4.39 Å². The van der Waals surface area contributed by atoms with Gasteiger partial charge in [0, 0.05) is 37.3 Å². The minimum Gasteiger partial charge on any atom is -0.354 e. The Bertz CT molecular complexity index is 879. The van der Waals surface area contributed by atoms with Crippen LogP contribution < -0.4 is 16.2 Å². The zero-order chi connectivity index (χ0) is 18.1.